The van der Waals surface area contributed by atoms with Crippen LogP contribution in [0, 0.1) is 6.92 Å². The molecule has 0 aromatic heterocycles. The number of carbonyl (C=O) groups excluding carboxylic acids is 1. The minimum atomic E-state index is 0.0998. The van der Waals surface area contributed by atoms with Crippen molar-refractivity contribution in [2.45, 2.75) is 20.1 Å². The highest BCUT2D eigenvalue weighted by atomic mass is 16.5. The van der Waals surface area contributed by atoms with Crippen LogP contribution in [-0.4, -0.2) is 49.0 Å². The average Bonchev–Trinajstić information content (AvgIpc) is 2.83. The molecule has 3 aromatic carbocycles. The van der Waals surface area contributed by atoms with Gasteiger partial charge in [0.05, 0.1) is 7.11 Å². The summed E-state index contributed by atoms with van der Waals surface area (Å²) in [5.74, 6) is 1.69. The van der Waals surface area contributed by atoms with Crippen LogP contribution in [0.2, 0.25) is 0 Å². The molecule has 0 aliphatic carbocycles. The second-order valence-electron chi connectivity index (χ2n) is 8.22. The second kappa shape index (κ2) is 10.3. The molecule has 0 spiro atoms. The maximum Gasteiger partial charge on any atom is 0.253 e. The Morgan fingerprint density at radius 2 is 1.53 bits per heavy atom. The molecule has 1 saturated heterocycles. The summed E-state index contributed by atoms with van der Waals surface area (Å²) in [4.78, 5) is 17.3. The van der Waals surface area contributed by atoms with Gasteiger partial charge >= 0.3 is 0 Å². The Labute approximate surface area is 190 Å². The first kappa shape index (κ1) is 21.9. The van der Waals surface area contributed by atoms with Crippen molar-refractivity contribution in [2.75, 3.05) is 33.3 Å². The fraction of sp³-hybridized carbons (Fsp3) is 0.296. The van der Waals surface area contributed by atoms with Crippen molar-refractivity contribution in [1.29, 1.82) is 0 Å². The van der Waals surface area contributed by atoms with Gasteiger partial charge in [0, 0.05) is 38.3 Å². The van der Waals surface area contributed by atoms with E-state index >= 15 is 0 Å². The van der Waals surface area contributed by atoms with Gasteiger partial charge in [0.15, 0.2) is 0 Å². The fourth-order valence-corrected chi connectivity index (χ4v) is 3.94. The van der Waals surface area contributed by atoms with Crippen molar-refractivity contribution in [1.82, 2.24) is 9.80 Å². The zero-order chi connectivity index (χ0) is 22.3. The summed E-state index contributed by atoms with van der Waals surface area (Å²) in [6, 6.07) is 23.9. The van der Waals surface area contributed by atoms with Gasteiger partial charge in [-0.1, -0.05) is 42.0 Å². The predicted octanol–water partition coefficient (Wildman–Crippen LogP) is 4.54. The Bertz CT molecular complexity index is 1020. The Balaban J connectivity index is 1.26. The lowest BCUT2D eigenvalue weighted by Gasteiger charge is -2.34. The first-order valence-corrected chi connectivity index (χ1v) is 11.0. The van der Waals surface area contributed by atoms with Crippen molar-refractivity contribution in [2.24, 2.45) is 0 Å². The van der Waals surface area contributed by atoms with E-state index < -0.39 is 0 Å². The van der Waals surface area contributed by atoms with Gasteiger partial charge < -0.3 is 14.4 Å². The number of carbonyl (C=O) groups is 1. The quantitative estimate of drug-likeness (QED) is 0.552. The molecule has 1 amide bonds. The first-order valence-electron chi connectivity index (χ1n) is 11.0. The lowest BCUT2D eigenvalue weighted by molar-refractivity contribution is 0.0628. The third-order valence-electron chi connectivity index (χ3n) is 5.81. The van der Waals surface area contributed by atoms with Gasteiger partial charge in [-0.15, -0.1) is 0 Å². The van der Waals surface area contributed by atoms with E-state index in [1.807, 2.05) is 53.4 Å². The number of rotatable bonds is 7. The number of ether oxygens (including phenoxy) is 2. The highest BCUT2D eigenvalue weighted by Gasteiger charge is 2.22. The number of piperazine rings is 1. The van der Waals surface area contributed by atoms with Gasteiger partial charge in [0.25, 0.3) is 5.91 Å². The number of hydrogen-bond donors (Lipinski definition) is 0. The predicted molar refractivity (Wildman–Crippen MR) is 126 cm³/mol. The van der Waals surface area contributed by atoms with E-state index in [9.17, 15) is 4.79 Å². The average molecular weight is 431 g/mol. The number of benzene rings is 3. The van der Waals surface area contributed by atoms with Crippen LogP contribution in [0.25, 0.3) is 0 Å². The van der Waals surface area contributed by atoms with E-state index in [0.717, 1.165) is 55.3 Å². The Hall–Kier alpha value is -3.31. The molecule has 1 aliphatic rings. The summed E-state index contributed by atoms with van der Waals surface area (Å²) in [6.45, 7) is 6.82. The molecular weight excluding hydrogens is 400 g/mol. The lowest BCUT2D eigenvalue weighted by atomic mass is 10.1. The van der Waals surface area contributed by atoms with Crippen LogP contribution in [0.4, 0.5) is 0 Å². The van der Waals surface area contributed by atoms with Crippen LogP contribution in [-0.2, 0) is 13.2 Å². The second-order valence-corrected chi connectivity index (χ2v) is 8.22. The van der Waals surface area contributed by atoms with Crippen molar-refractivity contribution < 1.29 is 14.3 Å². The first-order chi connectivity index (χ1) is 15.6. The van der Waals surface area contributed by atoms with Crippen LogP contribution in [0.3, 0.4) is 0 Å². The molecule has 0 radical (unpaired) electrons. The minimum Gasteiger partial charge on any atom is -0.497 e. The van der Waals surface area contributed by atoms with Crippen LogP contribution < -0.4 is 9.47 Å². The molecular formula is C27H30N2O3. The highest BCUT2D eigenvalue weighted by Crippen LogP contribution is 2.19. The molecule has 0 unspecified atom stereocenters. The lowest BCUT2D eigenvalue weighted by Crippen LogP contribution is -2.48. The Morgan fingerprint density at radius 3 is 2.19 bits per heavy atom. The number of methoxy groups -OCH3 is 1. The van der Waals surface area contributed by atoms with Crippen LogP contribution in [0.1, 0.15) is 27.0 Å². The summed E-state index contributed by atoms with van der Waals surface area (Å²) >= 11 is 0. The molecule has 0 saturated carbocycles. The van der Waals surface area contributed by atoms with Crippen molar-refractivity contribution >= 4 is 5.91 Å². The summed E-state index contributed by atoms with van der Waals surface area (Å²) < 4.78 is 11.0. The summed E-state index contributed by atoms with van der Waals surface area (Å²) in [7, 11) is 1.64. The van der Waals surface area contributed by atoms with E-state index in [4.69, 9.17) is 9.47 Å². The molecule has 1 aliphatic heterocycles. The maximum atomic E-state index is 12.9. The largest absolute Gasteiger partial charge is 0.497 e. The molecule has 5 nitrogen and oxygen atoms in total. The third-order valence-corrected chi connectivity index (χ3v) is 5.81. The maximum absolute atomic E-state index is 12.9. The van der Waals surface area contributed by atoms with Crippen molar-refractivity contribution in [3.8, 4) is 11.5 Å². The van der Waals surface area contributed by atoms with Gasteiger partial charge in [-0.05, 0) is 54.4 Å². The van der Waals surface area contributed by atoms with Gasteiger partial charge in [-0.2, -0.15) is 0 Å². The molecule has 0 N–H and O–H groups in total. The summed E-state index contributed by atoms with van der Waals surface area (Å²) in [5.41, 5.74) is 4.37. The smallest absolute Gasteiger partial charge is 0.253 e. The van der Waals surface area contributed by atoms with Crippen LogP contribution >= 0.6 is 0 Å². The third kappa shape index (κ3) is 5.68. The molecule has 3 aromatic rings. The van der Waals surface area contributed by atoms with Crippen molar-refractivity contribution in [3.63, 3.8) is 0 Å². The molecule has 32 heavy (non-hydrogen) atoms. The summed E-state index contributed by atoms with van der Waals surface area (Å²) in [5, 5.41) is 0. The molecule has 1 fully saturated rings. The van der Waals surface area contributed by atoms with Crippen molar-refractivity contribution in [3.05, 3.63) is 95.1 Å². The molecule has 5 heteroatoms. The van der Waals surface area contributed by atoms with Crippen LogP contribution in [0.15, 0.2) is 72.8 Å². The van der Waals surface area contributed by atoms with Gasteiger partial charge in [0.1, 0.15) is 18.1 Å². The zero-order valence-corrected chi connectivity index (χ0v) is 18.8. The summed E-state index contributed by atoms with van der Waals surface area (Å²) in [6.07, 6.45) is 0. The van der Waals surface area contributed by atoms with E-state index in [1.54, 1.807) is 7.11 Å². The molecule has 0 bridgehead atoms. The normalized spacial score (nSPS) is 14.2. The topological polar surface area (TPSA) is 42.0 Å². The van der Waals surface area contributed by atoms with Gasteiger partial charge in [0.2, 0.25) is 0 Å². The number of amides is 1. The molecule has 4 rings (SSSR count). The molecule has 1 heterocycles. The SMILES string of the molecule is COc1ccc(OCc2ccc(C(=O)N3CCN(Cc4cccc(C)c4)CC3)cc2)cc1. The molecule has 0 atom stereocenters. The number of nitrogens with zero attached hydrogens (tertiary/aromatic N) is 2. The van der Waals surface area contributed by atoms with Crippen LogP contribution in [0.5, 0.6) is 11.5 Å². The van der Waals surface area contributed by atoms with Gasteiger partial charge in [-0.3, -0.25) is 9.69 Å². The van der Waals surface area contributed by atoms with E-state index in [-0.39, 0.29) is 5.91 Å². The Morgan fingerprint density at radius 1 is 0.844 bits per heavy atom. The monoisotopic (exact) mass is 430 g/mol. The van der Waals surface area contributed by atoms with E-state index in [0.29, 0.717) is 6.61 Å². The fourth-order valence-electron chi connectivity index (χ4n) is 3.94. The standard InChI is InChI=1S/C27H30N2O3/c1-21-4-3-5-23(18-21)19-28-14-16-29(17-15-28)27(30)24-8-6-22(7-9-24)20-32-26-12-10-25(31-2)11-13-26/h3-13,18H,14-17,19-20H2,1-2H3. The van der Waals surface area contributed by atoms with E-state index in [2.05, 4.69) is 36.1 Å². The number of aryl methyl sites for hydroxylation is 1. The van der Waals surface area contributed by atoms with Gasteiger partial charge in [-0.25, -0.2) is 0 Å². The molecule has 166 valence electrons. The Kier molecular flexibility index (Phi) is 7.07. The minimum absolute atomic E-state index is 0.0998. The highest BCUT2D eigenvalue weighted by molar-refractivity contribution is 5.94. The number of hydrogen-bond acceptors (Lipinski definition) is 4. The zero-order valence-electron chi connectivity index (χ0n) is 18.8. The van der Waals surface area contributed by atoms with E-state index in [1.165, 1.54) is 11.1 Å².